The van der Waals surface area contributed by atoms with E-state index in [-0.39, 0.29) is 30.3 Å². The Balaban J connectivity index is 2.31. The zero-order chi connectivity index (χ0) is 18.3. The molecule has 1 saturated heterocycles. The van der Waals surface area contributed by atoms with E-state index in [1.54, 1.807) is 4.90 Å². The minimum absolute atomic E-state index is 0.0126. The highest BCUT2D eigenvalue weighted by atomic mass is 16.6. The maximum Gasteiger partial charge on any atom is 0.407 e. The number of rotatable bonds is 5. The van der Waals surface area contributed by atoms with Crippen LogP contribution in [-0.2, 0) is 14.3 Å². The predicted molar refractivity (Wildman–Crippen MR) is 91.4 cm³/mol. The predicted octanol–water partition coefficient (Wildman–Crippen LogP) is 1.66. The van der Waals surface area contributed by atoms with E-state index in [1.807, 2.05) is 34.6 Å². The summed E-state index contributed by atoms with van der Waals surface area (Å²) in [6.07, 6.45) is 1.70. The van der Waals surface area contributed by atoms with Crippen LogP contribution in [0.25, 0.3) is 0 Å². The van der Waals surface area contributed by atoms with Crippen molar-refractivity contribution in [3.63, 3.8) is 0 Å². The molecule has 24 heavy (non-hydrogen) atoms. The van der Waals surface area contributed by atoms with Gasteiger partial charge in [0.2, 0.25) is 11.8 Å². The summed E-state index contributed by atoms with van der Waals surface area (Å²) in [6, 6.07) is 0.0126. The summed E-state index contributed by atoms with van der Waals surface area (Å²) in [7, 11) is 0. The molecule has 1 aliphatic heterocycles. The standard InChI is InChI=1S/C17H31N3O4/c1-6-12(2)15(22)18-11-14(21)20-9-7-13(8-10-20)19-16(23)24-17(3,4)5/h12-13H,6-11H2,1-5H3,(H,18,22)(H,19,23). The first-order valence-electron chi connectivity index (χ1n) is 8.67. The zero-order valence-corrected chi connectivity index (χ0v) is 15.5. The van der Waals surface area contributed by atoms with Crippen LogP contribution in [0.1, 0.15) is 53.9 Å². The molecule has 1 rings (SSSR count). The molecule has 138 valence electrons. The topological polar surface area (TPSA) is 87.7 Å². The molecule has 1 unspecified atom stereocenters. The minimum atomic E-state index is -0.519. The van der Waals surface area contributed by atoms with E-state index in [4.69, 9.17) is 4.74 Å². The Morgan fingerprint density at radius 2 is 1.79 bits per heavy atom. The van der Waals surface area contributed by atoms with Gasteiger partial charge in [-0.05, 0) is 40.0 Å². The fraction of sp³-hybridized carbons (Fsp3) is 0.824. The molecule has 7 heteroatoms. The van der Waals surface area contributed by atoms with Crippen molar-refractivity contribution in [2.24, 2.45) is 5.92 Å². The average molecular weight is 341 g/mol. The Morgan fingerprint density at radius 3 is 2.29 bits per heavy atom. The van der Waals surface area contributed by atoms with Crippen molar-refractivity contribution in [3.8, 4) is 0 Å². The number of piperidine rings is 1. The fourth-order valence-electron chi connectivity index (χ4n) is 2.38. The Kier molecular flexibility index (Phi) is 7.51. The third-order valence-electron chi connectivity index (χ3n) is 4.04. The van der Waals surface area contributed by atoms with E-state index in [2.05, 4.69) is 10.6 Å². The van der Waals surface area contributed by atoms with Gasteiger partial charge >= 0.3 is 6.09 Å². The molecule has 3 amide bonds. The van der Waals surface area contributed by atoms with Crippen LogP contribution in [-0.4, -0.2) is 54.1 Å². The van der Waals surface area contributed by atoms with Crippen LogP contribution in [0.2, 0.25) is 0 Å². The highest BCUT2D eigenvalue weighted by molar-refractivity contribution is 5.85. The van der Waals surface area contributed by atoms with Gasteiger partial charge in [0, 0.05) is 25.0 Å². The Bertz CT molecular complexity index is 451. The molecule has 0 bridgehead atoms. The van der Waals surface area contributed by atoms with Crippen LogP contribution in [0.3, 0.4) is 0 Å². The molecule has 0 spiro atoms. The van der Waals surface area contributed by atoms with Crippen molar-refractivity contribution in [1.82, 2.24) is 15.5 Å². The normalized spacial score (nSPS) is 17.1. The van der Waals surface area contributed by atoms with Crippen LogP contribution < -0.4 is 10.6 Å². The summed E-state index contributed by atoms with van der Waals surface area (Å²) in [5.74, 6) is -0.253. The summed E-state index contributed by atoms with van der Waals surface area (Å²) >= 11 is 0. The van der Waals surface area contributed by atoms with Gasteiger partial charge in [0.25, 0.3) is 0 Å². The maximum absolute atomic E-state index is 12.1. The second kappa shape index (κ2) is 8.89. The number of hydrogen-bond acceptors (Lipinski definition) is 4. The van der Waals surface area contributed by atoms with E-state index >= 15 is 0 Å². The number of carbonyl (C=O) groups excluding carboxylic acids is 3. The van der Waals surface area contributed by atoms with Crippen LogP contribution in [0.4, 0.5) is 4.79 Å². The summed E-state index contributed by atoms with van der Waals surface area (Å²) in [5, 5.41) is 5.52. The first kappa shape index (κ1) is 20.3. The van der Waals surface area contributed by atoms with Crippen molar-refractivity contribution >= 4 is 17.9 Å². The maximum atomic E-state index is 12.1. The lowest BCUT2D eigenvalue weighted by Crippen LogP contribution is -2.49. The lowest BCUT2D eigenvalue weighted by molar-refractivity contribution is -0.134. The van der Waals surface area contributed by atoms with Crippen molar-refractivity contribution in [3.05, 3.63) is 0 Å². The van der Waals surface area contributed by atoms with E-state index in [9.17, 15) is 14.4 Å². The minimum Gasteiger partial charge on any atom is -0.444 e. The molecule has 1 atom stereocenters. The van der Waals surface area contributed by atoms with Gasteiger partial charge in [0.1, 0.15) is 5.60 Å². The van der Waals surface area contributed by atoms with E-state index in [0.29, 0.717) is 25.9 Å². The number of carbonyl (C=O) groups is 3. The summed E-state index contributed by atoms with van der Waals surface area (Å²) in [4.78, 5) is 37.3. The van der Waals surface area contributed by atoms with Crippen LogP contribution in [0.5, 0.6) is 0 Å². The first-order chi connectivity index (χ1) is 11.1. The van der Waals surface area contributed by atoms with Gasteiger partial charge in [-0.1, -0.05) is 13.8 Å². The number of nitrogens with zero attached hydrogens (tertiary/aromatic N) is 1. The number of alkyl carbamates (subject to hydrolysis) is 1. The Labute approximate surface area is 144 Å². The molecule has 0 radical (unpaired) electrons. The van der Waals surface area contributed by atoms with Crippen LogP contribution in [0, 0.1) is 5.92 Å². The summed E-state index contributed by atoms with van der Waals surface area (Å²) in [5.41, 5.74) is -0.519. The van der Waals surface area contributed by atoms with Crippen molar-refractivity contribution in [1.29, 1.82) is 0 Å². The van der Waals surface area contributed by atoms with Gasteiger partial charge in [-0.3, -0.25) is 9.59 Å². The molecule has 7 nitrogen and oxygen atoms in total. The van der Waals surface area contributed by atoms with Gasteiger partial charge in [0.05, 0.1) is 6.54 Å². The quantitative estimate of drug-likeness (QED) is 0.796. The molecular weight excluding hydrogens is 310 g/mol. The molecule has 1 heterocycles. The summed E-state index contributed by atoms with van der Waals surface area (Å²) in [6.45, 7) is 10.4. The van der Waals surface area contributed by atoms with E-state index in [1.165, 1.54) is 0 Å². The Morgan fingerprint density at radius 1 is 1.21 bits per heavy atom. The Hall–Kier alpha value is -1.79. The van der Waals surface area contributed by atoms with E-state index in [0.717, 1.165) is 6.42 Å². The zero-order valence-electron chi connectivity index (χ0n) is 15.5. The van der Waals surface area contributed by atoms with Gasteiger partial charge in [-0.2, -0.15) is 0 Å². The lowest BCUT2D eigenvalue weighted by Gasteiger charge is -2.33. The first-order valence-corrected chi connectivity index (χ1v) is 8.67. The van der Waals surface area contributed by atoms with E-state index < -0.39 is 11.7 Å². The molecule has 1 aliphatic rings. The molecule has 0 aromatic carbocycles. The van der Waals surface area contributed by atoms with Crippen molar-refractivity contribution < 1.29 is 19.1 Å². The SMILES string of the molecule is CCC(C)C(=O)NCC(=O)N1CCC(NC(=O)OC(C)(C)C)CC1. The largest absolute Gasteiger partial charge is 0.444 e. The van der Waals surface area contributed by atoms with Gasteiger partial charge in [-0.25, -0.2) is 4.79 Å². The van der Waals surface area contributed by atoms with Crippen molar-refractivity contribution in [2.45, 2.75) is 65.5 Å². The molecule has 0 saturated carbocycles. The van der Waals surface area contributed by atoms with Gasteiger partial charge in [-0.15, -0.1) is 0 Å². The number of hydrogen-bond donors (Lipinski definition) is 2. The molecule has 1 fully saturated rings. The molecule has 0 aromatic rings. The second-order valence-electron chi connectivity index (χ2n) is 7.33. The summed E-state index contributed by atoms with van der Waals surface area (Å²) < 4.78 is 5.23. The number of ether oxygens (including phenoxy) is 1. The number of nitrogens with one attached hydrogen (secondary N) is 2. The fourth-order valence-corrected chi connectivity index (χ4v) is 2.38. The monoisotopic (exact) mass is 341 g/mol. The highest BCUT2D eigenvalue weighted by Gasteiger charge is 2.26. The lowest BCUT2D eigenvalue weighted by atomic mass is 10.1. The van der Waals surface area contributed by atoms with Gasteiger partial charge in [0.15, 0.2) is 0 Å². The number of likely N-dealkylation sites (tertiary alicyclic amines) is 1. The molecule has 0 aliphatic carbocycles. The van der Waals surface area contributed by atoms with Gasteiger partial charge < -0.3 is 20.3 Å². The average Bonchev–Trinajstić information content (AvgIpc) is 2.50. The van der Waals surface area contributed by atoms with Crippen LogP contribution >= 0.6 is 0 Å². The van der Waals surface area contributed by atoms with Crippen LogP contribution in [0.15, 0.2) is 0 Å². The smallest absolute Gasteiger partial charge is 0.407 e. The third-order valence-corrected chi connectivity index (χ3v) is 4.04. The van der Waals surface area contributed by atoms with Crippen molar-refractivity contribution in [2.75, 3.05) is 19.6 Å². The second-order valence-corrected chi connectivity index (χ2v) is 7.33. The highest BCUT2D eigenvalue weighted by Crippen LogP contribution is 2.12. The third kappa shape index (κ3) is 7.19. The molecule has 0 aromatic heterocycles. The molecule has 2 N–H and O–H groups in total. The molecular formula is C17H31N3O4. The number of amides is 3.